The maximum atomic E-state index is 2.50. The zero-order valence-corrected chi connectivity index (χ0v) is 16.1. The predicted molar refractivity (Wildman–Crippen MR) is 89.3 cm³/mol. The molecule has 0 fully saturated rings. The summed E-state index contributed by atoms with van der Waals surface area (Å²) in [5.41, 5.74) is 3.00. The van der Waals surface area contributed by atoms with Crippen LogP contribution in [0.25, 0.3) is 0 Å². The fourth-order valence-electron chi connectivity index (χ4n) is 2.26. The van der Waals surface area contributed by atoms with Crippen LogP contribution in [0.1, 0.15) is 25.0 Å². The van der Waals surface area contributed by atoms with Crippen molar-refractivity contribution in [2.45, 2.75) is 27.3 Å². The Kier molecular flexibility index (Phi) is 6.19. The van der Waals surface area contributed by atoms with E-state index in [9.17, 15) is 0 Å². The molecule has 1 nitrogen and oxygen atoms in total. The number of aryl methyl sites for hydroxylation is 1. The second kappa shape index (κ2) is 7.91. The second-order valence-electron chi connectivity index (χ2n) is 4.99. The van der Waals surface area contributed by atoms with Crippen molar-refractivity contribution in [2.75, 3.05) is 13.1 Å². The Bertz CT molecular complexity index is 547. The third-order valence-electron chi connectivity index (χ3n) is 3.64. The third-order valence-corrected chi connectivity index (χ3v) is 9.16. The summed E-state index contributed by atoms with van der Waals surface area (Å²) in [5.74, 6) is 0. The van der Waals surface area contributed by atoms with Crippen molar-refractivity contribution in [2.24, 2.45) is 0 Å². The summed E-state index contributed by atoms with van der Waals surface area (Å²) in [6.07, 6.45) is 0. The molecule has 0 spiro atoms. The number of hydrogen-bond acceptors (Lipinski definition) is 1. The van der Waals surface area contributed by atoms with Gasteiger partial charge in [-0.15, -0.1) is 0 Å². The molecule has 20 heavy (non-hydrogen) atoms. The molecule has 0 N–H and O–H groups in total. The molecule has 0 saturated heterocycles. The van der Waals surface area contributed by atoms with Gasteiger partial charge >= 0.3 is 135 Å². The minimum absolute atomic E-state index is 0.800. The van der Waals surface area contributed by atoms with Gasteiger partial charge in [0.2, 0.25) is 0 Å². The van der Waals surface area contributed by atoms with Crippen LogP contribution in [0, 0.1) is 6.92 Å². The number of hydrogen-bond donors (Lipinski definition) is 0. The van der Waals surface area contributed by atoms with Crippen molar-refractivity contribution >= 4 is 29.8 Å². The summed E-state index contributed by atoms with van der Waals surface area (Å²) in [6, 6.07) is 17.9. The minimum atomic E-state index is -0.800. The summed E-state index contributed by atoms with van der Waals surface area (Å²) in [4.78, 5) is 2.50. The Balaban J connectivity index is 2.22. The van der Waals surface area contributed by atoms with Crippen LogP contribution >= 0.6 is 0 Å². The number of benzene rings is 2. The topological polar surface area (TPSA) is 3.24 Å². The van der Waals surface area contributed by atoms with Crippen LogP contribution in [0.3, 0.4) is 0 Å². The Labute approximate surface area is 134 Å². The monoisotopic (exact) mass is 462 g/mol. The Hall–Kier alpha value is -0.717. The fourth-order valence-corrected chi connectivity index (χ4v) is 6.62. The Morgan fingerprint density at radius 1 is 0.850 bits per heavy atom. The van der Waals surface area contributed by atoms with Crippen molar-refractivity contribution in [1.82, 2.24) is 4.90 Å². The molecule has 0 heterocycles. The van der Waals surface area contributed by atoms with E-state index < -0.39 is 23.2 Å². The van der Waals surface area contributed by atoms with Gasteiger partial charge in [-0.1, -0.05) is 0 Å². The van der Waals surface area contributed by atoms with Crippen LogP contribution in [0.5, 0.6) is 0 Å². The first kappa shape index (κ1) is 15.7. The average Bonchev–Trinajstić information content (AvgIpc) is 2.48. The molecule has 2 aromatic carbocycles. The van der Waals surface area contributed by atoms with Gasteiger partial charge in [-0.05, 0) is 0 Å². The molecule has 1 radical (unpaired) electrons. The van der Waals surface area contributed by atoms with E-state index in [2.05, 4.69) is 74.2 Å². The quantitative estimate of drug-likeness (QED) is 0.597. The van der Waals surface area contributed by atoms with E-state index in [1.165, 1.54) is 11.1 Å². The second-order valence-corrected chi connectivity index (χ2v) is 9.60. The predicted octanol–water partition coefficient (Wildman–Crippen LogP) is 2.49. The molecule has 0 amide bonds. The molecule has 0 aliphatic rings. The molecule has 0 aliphatic heterocycles. The van der Waals surface area contributed by atoms with Crippen molar-refractivity contribution < 1.29 is 0 Å². The first-order valence-electron chi connectivity index (χ1n) is 7.32. The molecular formula is C18H23BiN. The first-order valence-corrected chi connectivity index (χ1v) is 10.8. The third kappa shape index (κ3) is 4.14. The van der Waals surface area contributed by atoms with Crippen LogP contribution in [0.4, 0.5) is 0 Å². The SMILES string of the molecule is CCN(CC)Cc1cccc[c]1[Bi][c]1ccccc1C. The Morgan fingerprint density at radius 3 is 2.10 bits per heavy atom. The van der Waals surface area contributed by atoms with Gasteiger partial charge in [-0.2, -0.15) is 0 Å². The molecule has 0 saturated carbocycles. The molecule has 105 valence electrons. The normalized spacial score (nSPS) is 11.0. The summed E-state index contributed by atoms with van der Waals surface area (Å²) in [5, 5.41) is 0. The molecule has 0 aromatic heterocycles. The zero-order chi connectivity index (χ0) is 14.4. The van der Waals surface area contributed by atoms with Crippen molar-refractivity contribution in [1.29, 1.82) is 0 Å². The summed E-state index contributed by atoms with van der Waals surface area (Å²) in [6.45, 7) is 10.1. The van der Waals surface area contributed by atoms with Gasteiger partial charge in [-0.3, -0.25) is 0 Å². The summed E-state index contributed by atoms with van der Waals surface area (Å²) < 4.78 is 3.24. The van der Waals surface area contributed by atoms with Crippen molar-refractivity contribution in [3.05, 3.63) is 59.7 Å². The van der Waals surface area contributed by atoms with Gasteiger partial charge in [0, 0.05) is 0 Å². The van der Waals surface area contributed by atoms with E-state index in [4.69, 9.17) is 0 Å². The molecule has 2 heteroatoms. The Morgan fingerprint density at radius 2 is 1.45 bits per heavy atom. The van der Waals surface area contributed by atoms with Crippen LogP contribution < -0.4 is 6.54 Å². The first-order chi connectivity index (χ1) is 9.74. The maximum absolute atomic E-state index is 2.50. The van der Waals surface area contributed by atoms with Gasteiger partial charge in [-0.25, -0.2) is 0 Å². The van der Waals surface area contributed by atoms with Gasteiger partial charge < -0.3 is 0 Å². The molecule has 0 unspecified atom stereocenters. The molecule has 0 aliphatic carbocycles. The standard InChI is InChI=1S/C11H16N.C7H7.Bi/c1-3-12(4-2)10-11-8-6-5-7-9-11;1-7-5-3-2-4-6-7;/h5-8H,3-4,10H2,1-2H3;2-5H,1H3;. The molecular weight excluding hydrogens is 439 g/mol. The molecule has 2 rings (SSSR count). The van der Waals surface area contributed by atoms with E-state index in [0.29, 0.717) is 0 Å². The fraction of sp³-hybridized carbons (Fsp3) is 0.333. The van der Waals surface area contributed by atoms with E-state index in [-0.39, 0.29) is 0 Å². The van der Waals surface area contributed by atoms with E-state index in [0.717, 1.165) is 19.6 Å². The van der Waals surface area contributed by atoms with Gasteiger partial charge in [0.25, 0.3) is 0 Å². The van der Waals surface area contributed by atoms with Crippen molar-refractivity contribution in [3.63, 3.8) is 0 Å². The summed E-state index contributed by atoms with van der Waals surface area (Å²) >= 11 is -0.800. The number of rotatable bonds is 6. The van der Waals surface area contributed by atoms with Crippen LogP contribution in [0.2, 0.25) is 0 Å². The van der Waals surface area contributed by atoms with Crippen molar-refractivity contribution in [3.8, 4) is 0 Å². The van der Waals surface area contributed by atoms with E-state index in [1.807, 2.05) is 0 Å². The van der Waals surface area contributed by atoms with Crippen LogP contribution in [-0.2, 0) is 6.54 Å². The van der Waals surface area contributed by atoms with Gasteiger partial charge in [0.15, 0.2) is 0 Å². The molecule has 0 atom stereocenters. The van der Waals surface area contributed by atoms with E-state index >= 15 is 0 Å². The zero-order valence-electron chi connectivity index (χ0n) is 12.6. The van der Waals surface area contributed by atoms with Crippen LogP contribution in [0.15, 0.2) is 48.5 Å². The number of nitrogens with zero attached hydrogens (tertiary/aromatic N) is 1. The van der Waals surface area contributed by atoms with Gasteiger partial charge in [0.05, 0.1) is 0 Å². The van der Waals surface area contributed by atoms with Gasteiger partial charge in [0.1, 0.15) is 0 Å². The van der Waals surface area contributed by atoms with Crippen LogP contribution in [-0.4, -0.2) is 41.2 Å². The van der Waals surface area contributed by atoms with E-state index in [1.54, 1.807) is 6.54 Å². The molecule has 2 aromatic rings. The summed E-state index contributed by atoms with van der Waals surface area (Å²) in [7, 11) is 0. The average molecular weight is 462 g/mol. The molecule has 0 bridgehead atoms.